The third-order valence-corrected chi connectivity index (χ3v) is 8.21. The van der Waals surface area contributed by atoms with Crippen molar-refractivity contribution < 1.29 is 26.8 Å². The lowest BCUT2D eigenvalue weighted by atomic mass is 10.1. The summed E-state index contributed by atoms with van der Waals surface area (Å²) in [5, 5.41) is 1.15. The maximum absolute atomic E-state index is 14.8. The van der Waals surface area contributed by atoms with Crippen LogP contribution in [-0.2, 0) is 21.2 Å². The van der Waals surface area contributed by atoms with Crippen molar-refractivity contribution in [2.75, 3.05) is 11.9 Å². The van der Waals surface area contributed by atoms with Gasteiger partial charge in [-0.15, -0.1) is 0 Å². The van der Waals surface area contributed by atoms with Gasteiger partial charge in [0, 0.05) is 36.6 Å². The lowest BCUT2D eigenvalue weighted by molar-refractivity contribution is -0.107. The molecule has 4 aromatic rings. The van der Waals surface area contributed by atoms with Crippen LogP contribution in [0.15, 0.2) is 90.0 Å². The average molecular weight is 550 g/mol. The lowest BCUT2D eigenvalue weighted by Gasteiger charge is -2.19. The van der Waals surface area contributed by atoms with Crippen molar-refractivity contribution in [3.05, 3.63) is 125 Å². The Labute approximate surface area is 225 Å². The second-order valence-corrected chi connectivity index (χ2v) is 11.0. The molecule has 1 atom stereocenters. The number of pyridine rings is 1. The molecule has 0 fully saturated rings. The van der Waals surface area contributed by atoms with Crippen molar-refractivity contribution in [2.24, 2.45) is 0 Å². The van der Waals surface area contributed by atoms with E-state index in [1.54, 1.807) is 56.4 Å². The summed E-state index contributed by atoms with van der Waals surface area (Å²) >= 11 is 0. The molecule has 0 spiro atoms. The van der Waals surface area contributed by atoms with E-state index in [1.807, 2.05) is 0 Å². The number of rotatable bonds is 9. The zero-order valence-corrected chi connectivity index (χ0v) is 22.0. The third kappa shape index (κ3) is 6.18. The average Bonchev–Trinajstić information content (AvgIpc) is 2.94. The molecule has 4 rings (SSSR count). The Bertz CT molecular complexity index is 1590. The first-order valence-corrected chi connectivity index (χ1v) is 13.4. The van der Waals surface area contributed by atoms with Crippen molar-refractivity contribution in [3.63, 3.8) is 0 Å². The molecular weight excluding hydrogens is 524 g/mol. The van der Waals surface area contributed by atoms with Crippen LogP contribution in [0.3, 0.4) is 0 Å². The number of hydrogen-bond donors (Lipinski definition) is 1. The molecular formula is C29H25F2N3O4S. The second-order valence-electron chi connectivity index (χ2n) is 8.94. The van der Waals surface area contributed by atoms with Gasteiger partial charge in [-0.25, -0.2) is 17.2 Å². The van der Waals surface area contributed by atoms with E-state index >= 15 is 0 Å². The summed E-state index contributed by atoms with van der Waals surface area (Å²) in [5.74, 6) is -2.01. The van der Waals surface area contributed by atoms with Crippen molar-refractivity contribution in [1.29, 1.82) is 0 Å². The number of nitrogens with one attached hydrogen (secondary N) is 1. The van der Waals surface area contributed by atoms with Crippen LogP contribution in [0, 0.1) is 18.6 Å². The molecule has 0 aliphatic rings. The zero-order valence-electron chi connectivity index (χ0n) is 21.1. The third-order valence-electron chi connectivity index (χ3n) is 6.16. The van der Waals surface area contributed by atoms with Crippen molar-refractivity contribution >= 4 is 27.8 Å². The summed E-state index contributed by atoms with van der Waals surface area (Å²) in [6.45, 7) is 1.90. The summed E-state index contributed by atoms with van der Waals surface area (Å²) in [6.07, 6.45) is 2.04. The number of anilines is 1. The van der Waals surface area contributed by atoms with E-state index in [4.69, 9.17) is 0 Å². The predicted molar refractivity (Wildman–Crippen MR) is 143 cm³/mol. The Balaban J connectivity index is 1.59. The maximum Gasteiger partial charge on any atom is 0.251 e. The molecule has 0 saturated carbocycles. The van der Waals surface area contributed by atoms with Gasteiger partial charge in [-0.2, -0.15) is 0 Å². The topological polar surface area (TPSA) is 96.4 Å². The Morgan fingerprint density at radius 2 is 1.69 bits per heavy atom. The fourth-order valence-electron chi connectivity index (χ4n) is 3.95. The van der Waals surface area contributed by atoms with Crippen molar-refractivity contribution in [1.82, 2.24) is 10.3 Å². The number of carbonyl (C=O) groups excluding carboxylic acids is 2. The fourth-order valence-corrected chi connectivity index (χ4v) is 5.71. The zero-order chi connectivity index (χ0) is 28.2. The first kappa shape index (κ1) is 27.6. The number of aromatic nitrogens is 1. The van der Waals surface area contributed by atoms with E-state index in [9.17, 15) is 26.8 Å². The number of hydrogen-bond acceptors (Lipinski definition) is 5. The van der Waals surface area contributed by atoms with E-state index < -0.39 is 26.7 Å². The first-order valence-electron chi connectivity index (χ1n) is 11.9. The van der Waals surface area contributed by atoms with Crippen LogP contribution < -0.4 is 10.2 Å². The van der Waals surface area contributed by atoms with Crippen LogP contribution in [0.4, 0.5) is 14.5 Å². The normalized spacial score (nSPS) is 12.0. The van der Waals surface area contributed by atoms with E-state index in [2.05, 4.69) is 10.3 Å². The molecule has 0 aliphatic heterocycles. The molecule has 0 saturated heterocycles. The van der Waals surface area contributed by atoms with Gasteiger partial charge < -0.3 is 10.2 Å². The standard InChI is InChI=1S/C29H25F2N3O4S/c1-19-3-11-24(12-4-19)39(37,38)28(25-15-22(30)8-13-26(25)31)27-14-5-20(16-32-27)17-33-29(36)21-6-9-23(10-7-21)34(2)18-35/h3-16,18,28H,17H2,1-2H3,(H,33,36). The van der Waals surface area contributed by atoms with E-state index in [0.717, 1.165) is 23.8 Å². The highest BCUT2D eigenvalue weighted by Gasteiger charge is 2.34. The van der Waals surface area contributed by atoms with Crippen molar-refractivity contribution in [3.8, 4) is 0 Å². The van der Waals surface area contributed by atoms with Crippen molar-refractivity contribution in [2.45, 2.75) is 23.6 Å². The minimum Gasteiger partial charge on any atom is -0.348 e. The molecule has 0 bridgehead atoms. The molecule has 39 heavy (non-hydrogen) atoms. The van der Waals surface area contributed by atoms with Gasteiger partial charge in [0.2, 0.25) is 6.41 Å². The molecule has 3 aromatic carbocycles. The quantitative estimate of drug-likeness (QED) is 0.304. The molecule has 10 heteroatoms. The molecule has 1 N–H and O–H groups in total. The number of amides is 2. The predicted octanol–water partition coefficient (Wildman–Crippen LogP) is 4.75. The van der Waals surface area contributed by atoms with Crippen LogP contribution >= 0.6 is 0 Å². The van der Waals surface area contributed by atoms with Crippen LogP contribution in [0.5, 0.6) is 0 Å². The van der Waals surface area contributed by atoms with Gasteiger partial charge in [0.15, 0.2) is 9.84 Å². The Kier molecular flexibility index (Phi) is 8.15. The smallest absolute Gasteiger partial charge is 0.251 e. The molecule has 1 aromatic heterocycles. The summed E-state index contributed by atoms with van der Waals surface area (Å²) in [4.78, 5) is 29.0. The monoisotopic (exact) mass is 549 g/mol. The number of benzene rings is 3. The highest BCUT2D eigenvalue weighted by atomic mass is 32.2. The maximum atomic E-state index is 14.8. The summed E-state index contributed by atoms with van der Waals surface area (Å²) in [6, 6.07) is 18.2. The summed E-state index contributed by atoms with van der Waals surface area (Å²) in [7, 11) is -2.62. The van der Waals surface area contributed by atoms with Gasteiger partial charge >= 0.3 is 0 Å². The Hall–Kier alpha value is -4.44. The number of halogens is 2. The number of carbonyl (C=O) groups is 2. The lowest BCUT2D eigenvalue weighted by Crippen LogP contribution is -2.23. The summed E-state index contributed by atoms with van der Waals surface area (Å²) in [5.41, 5.74) is 2.07. The van der Waals surface area contributed by atoms with Crippen LogP contribution in [0.2, 0.25) is 0 Å². The SMILES string of the molecule is Cc1ccc(S(=O)(=O)C(c2ccc(CNC(=O)c3ccc(N(C)C=O)cc3)cn2)c2cc(F)ccc2F)cc1. The van der Waals surface area contributed by atoms with Crippen LogP contribution in [0.1, 0.15) is 38.0 Å². The van der Waals surface area contributed by atoms with Gasteiger partial charge in [-0.1, -0.05) is 23.8 Å². The first-order chi connectivity index (χ1) is 18.6. The molecule has 7 nitrogen and oxygen atoms in total. The Morgan fingerprint density at radius 3 is 2.31 bits per heavy atom. The van der Waals surface area contributed by atoms with E-state index in [1.165, 1.54) is 29.3 Å². The molecule has 0 aliphatic carbocycles. The largest absolute Gasteiger partial charge is 0.348 e. The van der Waals surface area contributed by atoms with Crippen LogP contribution in [-0.4, -0.2) is 32.8 Å². The van der Waals surface area contributed by atoms with E-state index in [0.29, 0.717) is 23.2 Å². The number of sulfone groups is 1. The van der Waals surface area contributed by atoms with Gasteiger partial charge in [-0.05, 0) is 73.2 Å². The Morgan fingerprint density at radius 1 is 1.00 bits per heavy atom. The molecule has 2 amide bonds. The van der Waals surface area contributed by atoms with Gasteiger partial charge in [0.25, 0.3) is 5.91 Å². The van der Waals surface area contributed by atoms with Crippen LogP contribution in [0.25, 0.3) is 0 Å². The van der Waals surface area contributed by atoms with E-state index in [-0.39, 0.29) is 28.6 Å². The molecule has 1 unspecified atom stereocenters. The molecule has 200 valence electrons. The number of nitrogens with zero attached hydrogens (tertiary/aromatic N) is 2. The molecule has 0 radical (unpaired) electrons. The highest BCUT2D eigenvalue weighted by Crippen LogP contribution is 2.36. The minimum atomic E-state index is -4.21. The summed E-state index contributed by atoms with van der Waals surface area (Å²) < 4.78 is 56.2. The van der Waals surface area contributed by atoms with Gasteiger partial charge in [0.05, 0.1) is 10.6 Å². The highest BCUT2D eigenvalue weighted by molar-refractivity contribution is 7.91. The van der Waals surface area contributed by atoms with Gasteiger partial charge in [-0.3, -0.25) is 14.6 Å². The second kappa shape index (κ2) is 11.5. The number of aryl methyl sites for hydroxylation is 1. The minimum absolute atomic E-state index is 0.00466. The fraction of sp³-hybridized carbons (Fsp3) is 0.138. The van der Waals surface area contributed by atoms with Gasteiger partial charge in [0.1, 0.15) is 16.9 Å². The molecule has 1 heterocycles.